The van der Waals surface area contributed by atoms with Crippen LogP contribution < -0.4 is 10.1 Å². The van der Waals surface area contributed by atoms with Crippen molar-refractivity contribution >= 4 is 24.2 Å². The van der Waals surface area contributed by atoms with Gasteiger partial charge in [-0.05, 0) is 46.5 Å². The number of hydrogen-bond donors (Lipinski definition) is 1. The van der Waals surface area contributed by atoms with Crippen LogP contribution in [0, 0.1) is 0 Å². The molecule has 0 unspecified atom stereocenters. The highest BCUT2D eigenvalue weighted by atomic mass is 35.5. The van der Waals surface area contributed by atoms with Gasteiger partial charge >= 0.3 is 6.09 Å². The average Bonchev–Trinajstić information content (AvgIpc) is 2.46. The maximum absolute atomic E-state index is 12.2. The van der Waals surface area contributed by atoms with E-state index in [1.165, 1.54) is 12.8 Å². The number of ether oxygens (including phenoxy) is 2. The molecule has 0 aliphatic heterocycles. The van der Waals surface area contributed by atoms with Gasteiger partial charge in [-0.1, -0.05) is 38.3 Å². The average molecular weight is 373 g/mol. The lowest BCUT2D eigenvalue weighted by Gasteiger charge is -2.28. The molecule has 1 aromatic rings. The summed E-state index contributed by atoms with van der Waals surface area (Å²) in [5.41, 5.74) is 0.0717. The van der Waals surface area contributed by atoms with Crippen molar-refractivity contribution in [2.75, 3.05) is 32.6 Å². The smallest absolute Gasteiger partial charge is 0.412 e. The molecule has 0 fully saturated rings. The first-order valence-corrected chi connectivity index (χ1v) is 8.70. The van der Waals surface area contributed by atoms with E-state index in [0.717, 1.165) is 12.8 Å². The zero-order valence-corrected chi connectivity index (χ0v) is 16.9. The number of carbonyl (C=O) groups is 1. The molecule has 0 atom stereocenters. The largest absolute Gasteiger partial charge is 0.491 e. The first-order valence-electron chi connectivity index (χ1n) is 8.70. The Bertz CT molecular complexity index is 507. The molecule has 0 aliphatic carbocycles. The van der Waals surface area contributed by atoms with E-state index in [-0.39, 0.29) is 12.4 Å². The van der Waals surface area contributed by atoms with Gasteiger partial charge in [0, 0.05) is 6.54 Å². The summed E-state index contributed by atoms with van der Waals surface area (Å²) in [6.07, 6.45) is 4.13. The second-order valence-electron chi connectivity index (χ2n) is 6.92. The lowest BCUT2D eigenvalue weighted by atomic mass is 10.1. The molecule has 144 valence electrons. The van der Waals surface area contributed by atoms with E-state index >= 15 is 0 Å². The summed E-state index contributed by atoms with van der Waals surface area (Å²) >= 11 is 0. The molecule has 6 heteroatoms. The van der Waals surface area contributed by atoms with Gasteiger partial charge in [-0.2, -0.15) is 0 Å². The Labute approximate surface area is 158 Å². The monoisotopic (exact) mass is 372 g/mol. The molecular weight excluding hydrogens is 340 g/mol. The number of benzene rings is 1. The van der Waals surface area contributed by atoms with E-state index in [1.807, 2.05) is 57.1 Å². The Morgan fingerprint density at radius 3 is 2.48 bits per heavy atom. The fraction of sp³-hybridized carbons (Fsp3) is 0.632. The number of nitrogens with one attached hydrogen (secondary N) is 1. The summed E-state index contributed by atoms with van der Waals surface area (Å²) in [5.74, 6) is 0.677. The van der Waals surface area contributed by atoms with Crippen LogP contribution in [-0.2, 0) is 4.74 Å². The van der Waals surface area contributed by atoms with E-state index in [0.29, 0.717) is 24.6 Å². The van der Waals surface area contributed by atoms with Crippen molar-refractivity contribution in [2.45, 2.75) is 52.1 Å². The first-order chi connectivity index (χ1) is 11.3. The van der Waals surface area contributed by atoms with Gasteiger partial charge in [-0.25, -0.2) is 4.79 Å². The lowest BCUT2D eigenvalue weighted by Crippen LogP contribution is -2.40. The lowest BCUT2D eigenvalue weighted by molar-refractivity contribution is 0.0295. The van der Waals surface area contributed by atoms with Crippen LogP contribution in [0.4, 0.5) is 10.5 Å². The maximum atomic E-state index is 12.2. The molecule has 0 saturated heterocycles. The maximum Gasteiger partial charge on any atom is 0.412 e. The second-order valence-corrected chi connectivity index (χ2v) is 6.92. The summed E-state index contributed by atoms with van der Waals surface area (Å²) < 4.78 is 11.3. The van der Waals surface area contributed by atoms with Crippen molar-refractivity contribution < 1.29 is 14.3 Å². The van der Waals surface area contributed by atoms with Crippen LogP contribution in [0.15, 0.2) is 24.3 Å². The molecule has 0 saturated carbocycles. The number of unbranched alkanes of at least 4 members (excludes halogenated alkanes) is 3. The number of halogens is 1. The molecule has 25 heavy (non-hydrogen) atoms. The third-order valence-electron chi connectivity index (χ3n) is 3.45. The quantitative estimate of drug-likeness (QED) is 0.590. The molecular formula is C19H33ClN2O3. The van der Waals surface area contributed by atoms with Crippen molar-refractivity contribution in [3.05, 3.63) is 24.3 Å². The van der Waals surface area contributed by atoms with Gasteiger partial charge in [-0.3, -0.25) is 5.32 Å². The molecule has 0 radical (unpaired) electrons. The molecule has 0 heterocycles. The summed E-state index contributed by atoms with van der Waals surface area (Å²) in [5, 5.41) is 2.79. The molecule has 0 aliphatic rings. The van der Waals surface area contributed by atoms with Crippen molar-refractivity contribution in [1.29, 1.82) is 0 Å². The normalized spacial score (nSPS) is 11.0. The van der Waals surface area contributed by atoms with Crippen LogP contribution in [-0.4, -0.2) is 43.8 Å². The fourth-order valence-corrected chi connectivity index (χ4v) is 2.59. The SMILES string of the molecule is CCCCCCOc1ccccc1NC(=O)OC(C)(C)CN(C)C.Cl. The molecule has 0 spiro atoms. The molecule has 1 aromatic carbocycles. The zero-order valence-electron chi connectivity index (χ0n) is 16.1. The van der Waals surface area contributed by atoms with Crippen LogP contribution in [0.3, 0.4) is 0 Å². The fourth-order valence-electron chi connectivity index (χ4n) is 2.59. The summed E-state index contributed by atoms with van der Waals surface area (Å²) in [6.45, 7) is 7.27. The van der Waals surface area contributed by atoms with E-state index in [4.69, 9.17) is 9.47 Å². The summed E-state index contributed by atoms with van der Waals surface area (Å²) in [4.78, 5) is 14.2. The standard InChI is InChI=1S/C19H32N2O3.ClH/c1-6-7-8-11-14-23-17-13-10-9-12-16(17)20-18(22)24-19(2,3)15-21(4)5;/h9-10,12-13H,6-8,11,14-15H2,1-5H3,(H,20,22);1H. The Morgan fingerprint density at radius 1 is 1.16 bits per heavy atom. The molecule has 0 aromatic heterocycles. The van der Waals surface area contributed by atoms with Crippen molar-refractivity contribution in [1.82, 2.24) is 4.90 Å². The van der Waals surface area contributed by atoms with E-state index in [9.17, 15) is 4.79 Å². The third-order valence-corrected chi connectivity index (χ3v) is 3.45. The molecule has 1 amide bonds. The second kappa shape index (κ2) is 12.0. The Hall–Kier alpha value is -1.46. The van der Waals surface area contributed by atoms with E-state index in [2.05, 4.69) is 12.2 Å². The minimum Gasteiger partial charge on any atom is -0.491 e. The van der Waals surface area contributed by atoms with Gasteiger partial charge in [0.05, 0.1) is 12.3 Å². The number of nitrogens with zero attached hydrogens (tertiary/aromatic N) is 1. The zero-order chi connectivity index (χ0) is 18.0. The minimum atomic E-state index is -0.566. The number of rotatable bonds is 10. The minimum absolute atomic E-state index is 0. The van der Waals surface area contributed by atoms with Crippen LogP contribution in [0.2, 0.25) is 0 Å². The van der Waals surface area contributed by atoms with Crippen LogP contribution in [0.5, 0.6) is 5.75 Å². The highest BCUT2D eigenvalue weighted by Gasteiger charge is 2.24. The predicted molar refractivity (Wildman–Crippen MR) is 106 cm³/mol. The summed E-state index contributed by atoms with van der Waals surface area (Å²) in [6, 6.07) is 7.44. The number of carbonyl (C=O) groups excluding carboxylic acids is 1. The van der Waals surface area contributed by atoms with Crippen molar-refractivity contribution in [3.8, 4) is 5.75 Å². The highest BCUT2D eigenvalue weighted by molar-refractivity contribution is 5.87. The van der Waals surface area contributed by atoms with Gasteiger partial charge in [0.2, 0.25) is 0 Å². The number of amides is 1. The molecule has 5 nitrogen and oxygen atoms in total. The molecule has 1 N–H and O–H groups in total. The van der Waals surface area contributed by atoms with Crippen LogP contribution in [0.25, 0.3) is 0 Å². The first kappa shape index (κ1) is 23.5. The number of hydrogen-bond acceptors (Lipinski definition) is 4. The Morgan fingerprint density at radius 2 is 1.84 bits per heavy atom. The predicted octanol–water partition coefficient (Wildman–Crippen LogP) is 4.96. The summed E-state index contributed by atoms with van der Waals surface area (Å²) in [7, 11) is 3.90. The van der Waals surface area contributed by atoms with Gasteiger partial charge in [0.1, 0.15) is 11.4 Å². The van der Waals surface area contributed by atoms with E-state index in [1.54, 1.807) is 0 Å². The Balaban J connectivity index is 0.00000576. The number of likely N-dealkylation sites (N-methyl/N-ethyl adjacent to an activating group) is 1. The van der Waals surface area contributed by atoms with Crippen LogP contribution in [0.1, 0.15) is 46.5 Å². The van der Waals surface area contributed by atoms with Crippen molar-refractivity contribution in [2.24, 2.45) is 0 Å². The molecule has 1 rings (SSSR count). The third kappa shape index (κ3) is 10.2. The van der Waals surface area contributed by atoms with E-state index < -0.39 is 11.7 Å². The number of anilines is 1. The highest BCUT2D eigenvalue weighted by Crippen LogP contribution is 2.25. The van der Waals surface area contributed by atoms with Gasteiger partial charge in [0.25, 0.3) is 0 Å². The topological polar surface area (TPSA) is 50.8 Å². The van der Waals surface area contributed by atoms with Crippen LogP contribution >= 0.6 is 12.4 Å². The van der Waals surface area contributed by atoms with Gasteiger partial charge in [0.15, 0.2) is 0 Å². The van der Waals surface area contributed by atoms with Gasteiger partial charge in [-0.15, -0.1) is 12.4 Å². The molecule has 0 bridgehead atoms. The Kier molecular flexibility index (Phi) is 11.3. The van der Waals surface area contributed by atoms with Gasteiger partial charge < -0.3 is 14.4 Å². The number of para-hydroxylation sites is 2. The van der Waals surface area contributed by atoms with Crippen molar-refractivity contribution in [3.63, 3.8) is 0 Å².